The summed E-state index contributed by atoms with van der Waals surface area (Å²) in [6, 6.07) is 0.419. The predicted molar refractivity (Wildman–Crippen MR) is 76.5 cm³/mol. The van der Waals surface area contributed by atoms with E-state index >= 15 is 0 Å². The first-order chi connectivity index (χ1) is 9.69. The summed E-state index contributed by atoms with van der Waals surface area (Å²) in [6.07, 6.45) is 4.05. The number of hydrogen-bond acceptors (Lipinski definition) is 5. The lowest BCUT2D eigenvalue weighted by Crippen LogP contribution is -2.55. The molecule has 0 atom stereocenters. The zero-order chi connectivity index (χ0) is 14.0. The molecule has 0 aromatic carbocycles. The van der Waals surface area contributed by atoms with Crippen LogP contribution in [0.15, 0.2) is 6.33 Å². The molecule has 0 radical (unpaired) electrons. The Balaban J connectivity index is 1.57. The van der Waals surface area contributed by atoms with Crippen LogP contribution in [0.4, 0.5) is 0 Å². The lowest BCUT2D eigenvalue weighted by molar-refractivity contribution is -0.101. The zero-order valence-corrected chi connectivity index (χ0v) is 12.5. The molecule has 2 fully saturated rings. The number of nitrogens with one attached hydrogen (secondary N) is 1. The topological polar surface area (TPSA) is 55.2 Å². The van der Waals surface area contributed by atoms with Crippen molar-refractivity contribution in [3.63, 3.8) is 0 Å². The molecule has 3 rings (SSSR count). The normalized spacial score (nSPS) is 23.6. The summed E-state index contributed by atoms with van der Waals surface area (Å²) in [5, 5.41) is 11.8. The van der Waals surface area contributed by atoms with Gasteiger partial charge >= 0.3 is 0 Å². The summed E-state index contributed by atoms with van der Waals surface area (Å²) >= 11 is 0. The number of aromatic nitrogens is 3. The molecule has 0 aliphatic carbocycles. The number of ether oxygens (including phenoxy) is 1. The zero-order valence-electron chi connectivity index (χ0n) is 12.5. The molecular formula is C14H25N5O. The van der Waals surface area contributed by atoms with Gasteiger partial charge in [0.15, 0.2) is 0 Å². The Morgan fingerprint density at radius 3 is 2.85 bits per heavy atom. The third kappa shape index (κ3) is 2.87. The summed E-state index contributed by atoms with van der Waals surface area (Å²) in [5.41, 5.74) is 0.0838. The van der Waals surface area contributed by atoms with Gasteiger partial charge in [-0.2, -0.15) is 0 Å². The Hall–Kier alpha value is -0.980. The summed E-state index contributed by atoms with van der Waals surface area (Å²) in [7, 11) is 0. The van der Waals surface area contributed by atoms with E-state index in [-0.39, 0.29) is 5.60 Å². The molecule has 0 unspecified atom stereocenters. The summed E-state index contributed by atoms with van der Waals surface area (Å²) in [4.78, 5) is 2.46. The fourth-order valence-electron chi connectivity index (χ4n) is 3.16. The van der Waals surface area contributed by atoms with Gasteiger partial charge in [-0.25, -0.2) is 0 Å². The van der Waals surface area contributed by atoms with Gasteiger partial charge in [-0.1, -0.05) is 0 Å². The highest BCUT2D eigenvalue weighted by Gasteiger charge is 2.37. The van der Waals surface area contributed by atoms with E-state index in [9.17, 15) is 0 Å². The van der Waals surface area contributed by atoms with Gasteiger partial charge in [0.05, 0.1) is 18.8 Å². The second kappa shape index (κ2) is 5.79. The molecule has 2 aliphatic heterocycles. The standard InChI is InChI=1S/C14H25N5O/c1-12(2)19-11-16-17-13(19)9-18-6-3-14(4-7-18)10-15-5-8-20-14/h11-12,15H,3-10H2,1-2H3. The minimum atomic E-state index is 0.0838. The maximum absolute atomic E-state index is 6.03. The average Bonchev–Trinajstić information content (AvgIpc) is 2.91. The molecule has 112 valence electrons. The molecule has 0 bridgehead atoms. The van der Waals surface area contributed by atoms with Crippen LogP contribution in [0.5, 0.6) is 0 Å². The van der Waals surface area contributed by atoms with Gasteiger partial charge in [0.2, 0.25) is 0 Å². The van der Waals surface area contributed by atoms with Crippen LogP contribution < -0.4 is 5.32 Å². The van der Waals surface area contributed by atoms with Crippen molar-refractivity contribution in [1.82, 2.24) is 25.0 Å². The molecule has 0 saturated carbocycles. The lowest BCUT2D eigenvalue weighted by atomic mass is 9.90. The quantitative estimate of drug-likeness (QED) is 0.887. The second-order valence-electron chi connectivity index (χ2n) is 6.23. The number of likely N-dealkylation sites (tertiary alicyclic amines) is 1. The highest BCUT2D eigenvalue weighted by molar-refractivity contribution is 4.94. The van der Waals surface area contributed by atoms with Crippen molar-refractivity contribution in [1.29, 1.82) is 0 Å². The third-order valence-electron chi connectivity index (χ3n) is 4.47. The maximum atomic E-state index is 6.03. The van der Waals surface area contributed by atoms with Gasteiger partial charge in [0.25, 0.3) is 0 Å². The summed E-state index contributed by atoms with van der Waals surface area (Å²) in [6.45, 7) is 10.2. The van der Waals surface area contributed by atoms with E-state index in [1.165, 1.54) is 0 Å². The fourth-order valence-corrected chi connectivity index (χ4v) is 3.16. The van der Waals surface area contributed by atoms with Crippen molar-refractivity contribution in [2.24, 2.45) is 0 Å². The Morgan fingerprint density at radius 1 is 1.40 bits per heavy atom. The molecule has 1 spiro atoms. The average molecular weight is 279 g/mol. The van der Waals surface area contributed by atoms with Crippen molar-refractivity contribution in [3.8, 4) is 0 Å². The van der Waals surface area contributed by atoms with Crippen molar-refractivity contribution in [3.05, 3.63) is 12.2 Å². The van der Waals surface area contributed by atoms with Crippen molar-refractivity contribution >= 4 is 0 Å². The van der Waals surface area contributed by atoms with Gasteiger partial charge in [-0.3, -0.25) is 4.90 Å². The Morgan fingerprint density at radius 2 is 2.20 bits per heavy atom. The molecule has 2 aliphatic rings. The molecular weight excluding hydrogens is 254 g/mol. The molecule has 2 saturated heterocycles. The highest BCUT2D eigenvalue weighted by atomic mass is 16.5. The third-order valence-corrected chi connectivity index (χ3v) is 4.47. The first-order valence-electron chi connectivity index (χ1n) is 7.64. The van der Waals surface area contributed by atoms with Crippen LogP contribution >= 0.6 is 0 Å². The van der Waals surface area contributed by atoms with Crippen molar-refractivity contribution in [2.45, 2.75) is 44.9 Å². The van der Waals surface area contributed by atoms with E-state index in [0.29, 0.717) is 6.04 Å². The molecule has 20 heavy (non-hydrogen) atoms. The van der Waals surface area contributed by atoms with Gasteiger partial charge in [0, 0.05) is 32.2 Å². The second-order valence-corrected chi connectivity index (χ2v) is 6.23. The number of rotatable bonds is 3. The number of nitrogens with zero attached hydrogens (tertiary/aromatic N) is 4. The summed E-state index contributed by atoms with van der Waals surface area (Å²) in [5.74, 6) is 1.07. The Kier molecular flexibility index (Phi) is 4.05. The largest absolute Gasteiger partial charge is 0.372 e. The van der Waals surface area contributed by atoms with Gasteiger partial charge in [-0.15, -0.1) is 10.2 Å². The van der Waals surface area contributed by atoms with E-state index in [1.807, 2.05) is 6.33 Å². The van der Waals surface area contributed by atoms with Gasteiger partial charge in [-0.05, 0) is 26.7 Å². The molecule has 3 heterocycles. The van der Waals surface area contributed by atoms with E-state index < -0.39 is 0 Å². The molecule has 6 nitrogen and oxygen atoms in total. The first kappa shape index (κ1) is 14.0. The lowest BCUT2D eigenvalue weighted by Gasteiger charge is -2.44. The monoisotopic (exact) mass is 279 g/mol. The van der Waals surface area contributed by atoms with Crippen molar-refractivity contribution < 1.29 is 4.74 Å². The first-order valence-corrected chi connectivity index (χ1v) is 7.64. The fraction of sp³-hybridized carbons (Fsp3) is 0.857. The van der Waals surface area contributed by atoms with Crippen LogP contribution in [-0.2, 0) is 11.3 Å². The molecule has 0 amide bonds. The van der Waals surface area contributed by atoms with E-state index in [4.69, 9.17) is 4.74 Å². The van der Waals surface area contributed by atoms with Crippen LogP contribution in [-0.4, -0.2) is 58.1 Å². The summed E-state index contributed by atoms with van der Waals surface area (Å²) < 4.78 is 8.19. The van der Waals surface area contributed by atoms with Crippen LogP contribution in [0, 0.1) is 0 Å². The maximum Gasteiger partial charge on any atom is 0.147 e. The van der Waals surface area contributed by atoms with Crippen LogP contribution in [0.2, 0.25) is 0 Å². The van der Waals surface area contributed by atoms with E-state index in [1.54, 1.807) is 0 Å². The Labute approximate surface area is 120 Å². The van der Waals surface area contributed by atoms with Crippen LogP contribution in [0.25, 0.3) is 0 Å². The molecule has 6 heteroatoms. The SMILES string of the molecule is CC(C)n1cnnc1CN1CCC2(CC1)CNCCO2. The highest BCUT2D eigenvalue weighted by Crippen LogP contribution is 2.28. The number of piperidine rings is 1. The number of hydrogen-bond donors (Lipinski definition) is 1. The van der Waals surface area contributed by atoms with Crippen LogP contribution in [0.3, 0.4) is 0 Å². The Bertz CT molecular complexity index is 429. The molecule has 1 N–H and O–H groups in total. The minimum absolute atomic E-state index is 0.0838. The molecule has 1 aromatic heterocycles. The van der Waals surface area contributed by atoms with E-state index in [0.717, 1.165) is 58.0 Å². The van der Waals surface area contributed by atoms with Crippen LogP contribution in [0.1, 0.15) is 38.6 Å². The van der Waals surface area contributed by atoms with Gasteiger partial charge in [0.1, 0.15) is 12.2 Å². The smallest absolute Gasteiger partial charge is 0.147 e. The van der Waals surface area contributed by atoms with Gasteiger partial charge < -0.3 is 14.6 Å². The van der Waals surface area contributed by atoms with Crippen molar-refractivity contribution in [2.75, 3.05) is 32.8 Å². The predicted octanol–water partition coefficient (Wildman–Crippen LogP) is 0.813. The minimum Gasteiger partial charge on any atom is -0.372 e. The number of morpholine rings is 1. The van der Waals surface area contributed by atoms with E-state index in [2.05, 4.69) is 38.8 Å². The molecule has 1 aromatic rings.